The van der Waals surface area contributed by atoms with Gasteiger partial charge in [0, 0.05) is 23.7 Å². The molecule has 1 fully saturated rings. The van der Waals surface area contributed by atoms with E-state index in [-0.39, 0.29) is 0 Å². The Hall–Kier alpha value is -0.770. The Morgan fingerprint density at radius 1 is 1.25 bits per heavy atom. The number of nitrogens with one attached hydrogen (secondary N) is 1. The van der Waals surface area contributed by atoms with E-state index in [1.807, 2.05) is 0 Å². The first-order valence-electron chi connectivity index (χ1n) is 7.55. The van der Waals surface area contributed by atoms with Crippen molar-refractivity contribution in [3.63, 3.8) is 0 Å². The summed E-state index contributed by atoms with van der Waals surface area (Å²) in [6, 6.07) is 5.12. The number of phenolic OH excluding ortho intramolecular Hbond substituents is 1. The summed E-state index contributed by atoms with van der Waals surface area (Å²) in [5.41, 5.74) is 0.839. The van der Waals surface area contributed by atoms with E-state index in [2.05, 4.69) is 5.32 Å². The highest BCUT2D eigenvalue weighted by Crippen LogP contribution is 2.21. The zero-order chi connectivity index (χ0) is 14.2. The molecule has 0 bridgehead atoms. The van der Waals surface area contributed by atoms with Crippen LogP contribution >= 0.6 is 11.6 Å². The molecule has 1 aromatic carbocycles. The predicted molar refractivity (Wildman–Crippen MR) is 82.3 cm³/mol. The van der Waals surface area contributed by atoms with Crippen LogP contribution in [0.2, 0.25) is 5.02 Å². The Morgan fingerprint density at radius 3 is 2.85 bits per heavy atom. The van der Waals surface area contributed by atoms with Crippen molar-refractivity contribution in [2.24, 2.45) is 0 Å². The SMILES string of the molecule is Oc1ccc(Cl)cc1CNCCCOC1CCCCC1. The van der Waals surface area contributed by atoms with Gasteiger partial charge in [-0.1, -0.05) is 30.9 Å². The Balaban J connectivity index is 1.56. The van der Waals surface area contributed by atoms with Crippen LogP contribution in [-0.2, 0) is 11.3 Å². The molecule has 20 heavy (non-hydrogen) atoms. The molecule has 0 atom stereocenters. The summed E-state index contributed by atoms with van der Waals surface area (Å²) in [6.45, 7) is 2.34. The van der Waals surface area contributed by atoms with Crippen LogP contribution in [0.25, 0.3) is 0 Å². The van der Waals surface area contributed by atoms with Crippen LogP contribution in [0, 0.1) is 0 Å². The molecule has 1 aliphatic carbocycles. The van der Waals surface area contributed by atoms with E-state index in [1.165, 1.54) is 32.1 Å². The summed E-state index contributed by atoms with van der Waals surface area (Å²) < 4.78 is 5.87. The number of ether oxygens (including phenoxy) is 1. The molecule has 3 nitrogen and oxygen atoms in total. The van der Waals surface area contributed by atoms with Crippen molar-refractivity contribution >= 4 is 11.6 Å². The maximum atomic E-state index is 9.68. The highest BCUT2D eigenvalue weighted by atomic mass is 35.5. The second kappa shape index (κ2) is 8.50. The van der Waals surface area contributed by atoms with Gasteiger partial charge in [0.2, 0.25) is 0 Å². The van der Waals surface area contributed by atoms with Crippen molar-refractivity contribution < 1.29 is 9.84 Å². The maximum Gasteiger partial charge on any atom is 0.120 e. The molecule has 0 saturated heterocycles. The lowest BCUT2D eigenvalue weighted by Gasteiger charge is -2.21. The molecule has 0 aliphatic heterocycles. The number of phenols is 1. The highest BCUT2D eigenvalue weighted by molar-refractivity contribution is 6.30. The van der Waals surface area contributed by atoms with Gasteiger partial charge in [0.05, 0.1) is 6.10 Å². The molecule has 0 amide bonds. The zero-order valence-electron chi connectivity index (χ0n) is 11.9. The van der Waals surface area contributed by atoms with E-state index in [9.17, 15) is 5.11 Å². The molecule has 0 unspecified atom stereocenters. The topological polar surface area (TPSA) is 41.5 Å². The lowest BCUT2D eigenvalue weighted by atomic mass is 9.98. The average Bonchev–Trinajstić information content (AvgIpc) is 2.47. The van der Waals surface area contributed by atoms with E-state index in [0.717, 1.165) is 25.1 Å². The first-order chi connectivity index (χ1) is 9.75. The predicted octanol–water partition coefficient (Wildman–Crippen LogP) is 3.87. The maximum absolute atomic E-state index is 9.68. The molecule has 2 N–H and O–H groups in total. The van der Waals surface area contributed by atoms with Crippen LogP contribution in [0.1, 0.15) is 44.1 Å². The number of halogens is 1. The fourth-order valence-corrected chi connectivity index (χ4v) is 2.79. The quantitative estimate of drug-likeness (QED) is 0.751. The smallest absolute Gasteiger partial charge is 0.120 e. The van der Waals surface area contributed by atoms with Crippen molar-refractivity contribution in [2.45, 2.75) is 51.2 Å². The van der Waals surface area contributed by atoms with Gasteiger partial charge in [-0.3, -0.25) is 0 Å². The molecule has 4 heteroatoms. The third kappa shape index (κ3) is 5.31. The molecule has 0 aromatic heterocycles. The summed E-state index contributed by atoms with van der Waals surface area (Å²) in [4.78, 5) is 0. The fourth-order valence-electron chi connectivity index (χ4n) is 2.60. The van der Waals surface area contributed by atoms with Gasteiger partial charge >= 0.3 is 0 Å². The van der Waals surface area contributed by atoms with Crippen LogP contribution in [0.3, 0.4) is 0 Å². The summed E-state index contributed by atoms with van der Waals surface area (Å²) in [6.07, 6.45) is 7.94. The lowest BCUT2D eigenvalue weighted by molar-refractivity contribution is 0.0273. The van der Waals surface area contributed by atoms with E-state index in [0.29, 0.717) is 23.4 Å². The minimum Gasteiger partial charge on any atom is -0.508 e. The van der Waals surface area contributed by atoms with E-state index < -0.39 is 0 Å². The molecule has 1 aromatic rings. The van der Waals surface area contributed by atoms with Gasteiger partial charge < -0.3 is 15.2 Å². The number of aromatic hydroxyl groups is 1. The van der Waals surface area contributed by atoms with Crippen molar-refractivity contribution in [1.29, 1.82) is 0 Å². The molecule has 2 rings (SSSR count). The Labute approximate surface area is 126 Å². The minimum absolute atomic E-state index is 0.292. The van der Waals surface area contributed by atoms with Gasteiger partial charge in [-0.2, -0.15) is 0 Å². The van der Waals surface area contributed by atoms with Crippen LogP contribution in [0.4, 0.5) is 0 Å². The second-order valence-corrected chi connectivity index (χ2v) is 5.87. The minimum atomic E-state index is 0.292. The van der Waals surface area contributed by atoms with Crippen molar-refractivity contribution in [2.75, 3.05) is 13.2 Å². The van der Waals surface area contributed by atoms with Gasteiger partial charge in [-0.15, -0.1) is 0 Å². The van der Waals surface area contributed by atoms with Crippen molar-refractivity contribution in [3.8, 4) is 5.75 Å². The second-order valence-electron chi connectivity index (χ2n) is 5.43. The Morgan fingerprint density at radius 2 is 2.05 bits per heavy atom. The first-order valence-corrected chi connectivity index (χ1v) is 7.93. The Bertz CT molecular complexity index is 405. The molecule has 0 radical (unpaired) electrons. The molecule has 1 saturated carbocycles. The van der Waals surface area contributed by atoms with Gasteiger partial charge in [0.15, 0.2) is 0 Å². The van der Waals surface area contributed by atoms with Crippen LogP contribution < -0.4 is 5.32 Å². The van der Waals surface area contributed by atoms with Gasteiger partial charge in [0.1, 0.15) is 5.75 Å². The average molecular weight is 298 g/mol. The van der Waals surface area contributed by atoms with E-state index in [1.54, 1.807) is 18.2 Å². The fraction of sp³-hybridized carbons (Fsp3) is 0.625. The number of rotatable bonds is 7. The van der Waals surface area contributed by atoms with Crippen LogP contribution in [0.15, 0.2) is 18.2 Å². The largest absolute Gasteiger partial charge is 0.508 e. The molecule has 0 heterocycles. The standard InChI is InChI=1S/C16H24ClNO2/c17-14-7-8-16(19)13(11-14)12-18-9-4-10-20-15-5-2-1-3-6-15/h7-8,11,15,18-19H,1-6,9-10,12H2. The number of benzene rings is 1. The van der Waals surface area contributed by atoms with E-state index >= 15 is 0 Å². The monoisotopic (exact) mass is 297 g/mol. The first kappa shape index (κ1) is 15.6. The molecule has 112 valence electrons. The van der Waals surface area contributed by atoms with Gasteiger partial charge in [0.25, 0.3) is 0 Å². The lowest BCUT2D eigenvalue weighted by Crippen LogP contribution is -2.20. The summed E-state index contributed by atoms with van der Waals surface area (Å²) >= 11 is 5.91. The molecule has 0 spiro atoms. The highest BCUT2D eigenvalue weighted by Gasteiger charge is 2.12. The molecule has 1 aliphatic rings. The third-order valence-electron chi connectivity index (χ3n) is 3.76. The summed E-state index contributed by atoms with van der Waals surface area (Å²) in [7, 11) is 0. The van der Waals surface area contributed by atoms with Crippen molar-refractivity contribution in [1.82, 2.24) is 5.32 Å². The van der Waals surface area contributed by atoms with E-state index in [4.69, 9.17) is 16.3 Å². The molecular formula is C16H24ClNO2. The third-order valence-corrected chi connectivity index (χ3v) is 4.00. The number of hydrogen-bond acceptors (Lipinski definition) is 3. The molecular weight excluding hydrogens is 274 g/mol. The van der Waals surface area contributed by atoms with Gasteiger partial charge in [-0.05, 0) is 44.0 Å². The van der Waals surface area contributed by atoms with Crippen molar-refractivity contribution in [3.05, 3.63) is 28.8 Å². The normalized spacial score (nSPS) is 16.4. The Kier molecular flexibility index (Phi) is 6.64. The summed E-state index contributed by atoms with van der Waals surface area (Å²) in [5.74, 6) is 0.292. The zero-order valence-corrected chi connectivity index (χ0v) is 12.7. The van der Waals surface area contributed by atoms with Crippen LogP contribution in [0.5, 0.6) is 5.75 Å². The number of hydrogen-bond donors (Lipinski definition) is 2. The van der Waals surface area contributed by atoms with Gasteiger partial charge in [-0.25, -0.2) is 0 Å². The summed E-state index contributed by atoms with van der Waals surface area (Å²) in [5, 5.41) is 13.6. The van der Waals surface area contributed by atoms with Crippen LogP contribution in [-0.4, -0.2) is 24.4 Å².